The van der Waals surface area contributed by atoms with Crippen LogP contribution >= 0.6 is 0 Å². The lowest BCUT2D eigenvalue weighted by Gasteiger charge is -2.41. The van der Waals surface area contributed by atoms with Crippen LogP contribution in [0.4, 0.5) is 5.82 Å². The molecular weight excluding hydrogens is 414 g/mol. The van der Waals surface area contributed by atoms with Gasteiger partial charge in [-0.2, -0.15) is 0 Å². The Morgan fingerprint density at radius 3 is 2.52 bits per heavy atom. The maximum atomic E-state index is 11.3. The predicted molar refractivity (Wildman–Crippen MR) is 134 cm³/mol. The van der Waals surface area contributed by atoms with Gasteiger partial charge in [-0.1, -0.05) is 20.8 Å². The van der Waals surface area contributed by atoms with Crippen LogP contribution in [0, 0.1) is 5.92 Å². The van der Waals surface area contributed by atoms with Crippen LogP contribution in [0.2, 0.25) is 0 Å². The highest BCUT2D eigenvalue weighted by Crippen LogP contribution is 2.28. The average molecular weight is 460 g/mol. The number of hydrogen-bond acceptors (Lipinski definition) is 6. The second-order valence-electron chi connectivity index (χ2n) is 11.1. The molecule has 2 heterocycles. The summed E-state index contributed by atoms with van der Waals surface area (Å²) in [6, 6.07) is 3.05. The molecule has 0 radical (unpaired) electrons. The minimum atomic E-state index is -0.0792. The standard InChI is InChI=1S/C26H45N5O2/c1-19-18-31(24-17-23(12-16-33-6)28-25(29-24)26(3,4)5)15-14-30(19)13-11-21-7-9-22(10-8-21)27-20(2)32/h17,19,21-22H,7-16,18H2,1-6H3,(H,27,32)/t19-,21?,22?/m1/s1. The number of aromatic nitrogens is 2. The van der Waals surface area contributed by atoms with E-state index in [2.05, 4.69) is 48.9 Å². The summed E-state index contributed by atoms with van der Waals surface area (Å²) in [5.74, 6) is 2.87. The molecule has 1 saturated carbocycles. The van der Waals surface area contributed by atoms with Crippen molar-refractivity contribution in [2.24, 2.45) is 5.92 Å². The molecule has 7 heteroatoms. The van der Waals surface area contributed by atoms with Crippen molar-refractivity contribution < 1.29 is 9.53 Å². The van der Waals surface area contributed by atoms with E-state index in [4.69, 9.17) is 14.7 Å². The number of hydrogen-bond donors (Lipinski definition) is 1. The lowest BCUT2D eigenvalue weighted by molar-refractivity contribution is -0.119. The summed E-state index contributed by atoms with van der Waals surface area (Å²) in [5, 5.41) is 3.09. The second-order valence-corrected chi connectivity index (χ2v) is 11.1. The molecule has 1 atom stereocenters. The van der Waals surface area contributed by atoms with Gasteiger partial charge >= 0.3 is 0 Å². The van der Waals surface area contributed by atoms with Gasteiger partial charge in [-0.25, -0.2) is 9.97 Å². The lowest BCUT2D eigenvalue weighted by Crippen LogP contribution is -2.52. The van der Waals surface area contributed by atoms with Crippen LogP contribution in [0.15, 0.2) is 6.07 Å². The van der Waals surface area contributed by atoms with Crippen molar-refractivity contribution in [1.82, 2.24) is 20.2 Å². The molecule has 2 aliphatic rings. The number of anilines is 1. The zero-order valence-electron chi connectivity index (χ0n) is 21.7. The summed E-state index contributed by atoms with van der Waals surface area (Å²) in [7, 11) is 1.74. The van der Waals surface area contributed by atoms with Crippen molar-refractivity contribution in [2.45, 2.75) is 90.6 Å². The van der Waals surface area contributed by atoms with Crippen LogP contribution in [-0.4, -0.2) is 72.8 Å². The van der Waals surface area contributed by atoms with Crippen LogP contribution in [-0.2, 0) is 21.4 Å². The first-order chi connectivity index (χ1) is 15.7. The molecule has 0 unspecified atom stereocenters. The molecule has 2 fully saturated rings. The highest BCUT2D eigenvalue weighted by atomic mass is 16.5. The molecule has 1 aromatic heterocycles. The van der Waals surface area contributed by atoms with Gasteiger partial charge in [0.05, 0.1) is 6.61 Å². The number of rotatable bonds is 8. The van der Waals surface area contributed by atoms with Crippen molar-refractivity contribution in [1.29, 1.82) is 0 Å². The minimum absolute atomic E-state index is 0.0792. The summed E-state index contributed by atoms with van der Waals surface area (Å²) in [6.45, 7) is 15.4. The fourth-order valence-electron chi connectivity index (χ4n) is 5.08. The van der Waals surface area contributed by atoms with Crippen LogP contribution in [0.3, 0.4) is 0 Å². The molecule has 1 aliphatic carbocycles. The van der Waals surface area contributed by atoms with Gasteiger partial charge in [0.1, 0.15) is 11.6 Å². The Bertz CT molecular complexity index is 770. The normalized spacial score (nSPS) is 24.7. The molecule has 1 amide bonds. The van der Waals surface area contributed by atoms with Crippen molar-refractivity contribution in [3.63, 3.8) is 0 Å². The highest BCUT2D eigenvalue weighted by molar-refractivity contribution is 5.73. The van der Waals surface area contributed by atoms with E-state index in [0.29, 0.717) is 18.7 Å². The van der Waals surface area contributed by atoms with E-state index >= 15 is 0 Å². The minimum Gasteiger partial charge on any atom is -0.384 e. The average Bonchev–Trinajstić information content (AvgIpc) is 2.76. The summed E-state index contributed by atoms with van der Waals surface area (Å²) in [4.78, 5) is 26.2. The Kier molecular flexibility index (Phi) is 9.10. The van der Waals surface area contributed by atoms with E-state index in [9.17, 15) is 4.79 Å². The van der Waals surface area contributed by atoms with Gasteiger partial charge in [-0.15, -0.1) is 0 Å². The quantitative estimate of drug-likeness (QED) is 0.641. The fourth-order valence-corrected chi connectivity index (χ4v) is 5.08. The zero-order valence-corrected chi connectivity index (χ0v) is 21.7. The van der Waals surface area contributed by atoms with E-state index in [1.54, 1.807) is 14.0 Å². The maximum absolute atomic E-state index is 11.3. The van der Waals surface area contributed by atoms with E-state index in [1.807, 2.05) is 0 Å². The second kappa shape index (κ2) is 11.6. The number of carbonyl (C=O) groups is 1. The van der Waals surface area contributed by atoms with Gasteiger partial charge in [-0.3, -0.25) is 9.69 Å². The smallest absolute Gasteiger partial charge is 0.217 e. The molecule has 1 aliphatic heterocycles. The van der Waals surface area contributed by atoms with Crippen LogP contribution in [0.1, 0.15) is 78.2 Å². The van der Waals surface area contributed by atoms with Gasteiger partial charge in [-0.05, 0) is 51.5 Å². The number of amides is 1. The van der Waals surface area contributed by atoms with Gasteiger partial charge in [0.15, 0.2) is 0 Å². The molecule has 1 aromatic rings. The number of methoxy groups -OCH3 is 1. The fraction of sp³-hybridized carbons (Fsp3) is 0.808. The largest absolute Gasteiger partial charge is 0.384 e. The molecule has 1 N–H and O–H groups in total. The molecule has 0 aromatic carbocycles. The molecule has 33 heavy (non-hydrogen) atoms. The van der Waals surface area contributed by atoms with Crippen molar-refractivity contribution in [2.75, 3.05) is 44.8 Å². The lowest BCUT2D eigenvalue weighted by atomic mass is 9.84. The van der Waals surface area contributed by atoms with Crippen LogP contribution in [0.25, 0.3) is 0 Å². The molecule has 0 bridgehead atoms. The third-order valence-corrected chi connectivity index (χ3v) is 7.17. The van der Waals surface area contributed by atoms with Gasteiger partial charge in [0.25, 0.3) is 0 Å². The Hall–Kier alpha value is -1.73. The van der Waals surface area contributed by atoms with Gasteiger partial charge < -0.3 is 15.0 Å². The summed E-state index contributed by atoms with van der Waals surface area (Å²) in [5.41, 5.74) is 0.987. The number of piperazine rings is 1. The Labute approximate surface area is 200 Å². The third-order valence-electron chi connectivity index (χ3n) is 7.17. The molecule has 186 valence electrons. The molecule has 0 spiro atoms. The van der Waals surface area contributed by atoms with E-state index in [0.717, 1.165) is 62.2 Å². The van der Waals surface area contributed by atoms with Gasteiger partial charge in [0, 0.05) is 69.3 Å². The summed E-state index contributed by atoms with van der Waals surface area (Å²) >= 11 is 0. The maximum Gasteiger partial charge on any atom is 0.217 e. The van der Waals surface area contributed by atoms with E-state index in [1.165, 1.54) is 25.8 Å². The molecule has 3 rings (SSSR count). The van der Waals surface area contributed by atoms with Crippen LogP contribution in [0.5, 0.6) is 0 Å². The SMILES string of the molecule is COCCc1cc(N2CCN(CCC3CCC(NC(C)=O)CC3)[C@H](C)C2)nc(C(C)(C)C)n1. The Balaban J connectivity index is 1.54. The Morgan fingerprint density at radius 1 is 1.18 bits per heavy atom. The Morgan fingerprint density at radius 2 is 1.91 bits per heavy atom. The van der Waals surface area contributed by atoms with E-state index in [-0.39, 0.29) is 11.3 Å². The number of carbonyl (C=O) groups excluding carboxylic acids is 1. The first-order valence-corrected chi connectivity index (χ1v) is 12.8. The first-order valence-electron chi connectivity index (χ1n) is 12.8. The topological polar surface area (TPSA) is 70.6 Å². The third kappa shape index (κ3) is 7.64. The number of nitrogens with zero attached hydrogens (tertiary/aromatic N) is 4. The van der Waals surface area contributed by atoms with Crippen molar-refractivity contribution in [3.05, 3.63) is 17.6 Å². The van der Waals surface area contributed by atoms with Crippen LogP contribution < -0.4 is 10.2 Å². The molecule has 7 nitrogen and oxygen atoms in total. The van der Waals surface area contributed by atoms with Crippen molar-refractivity contribution in [3.8, 4) is 0 Å². The molecular formula is C26H45N5O2. The zero-order chi connectivity index (χ0) is 24.0. The van der Waals surface area contributed by atoms with Gasteiger partial charge in [0.2, 0.25) is 5.91 Å². The summed E-state index contributed by atoms with van der Waals surface area (Å²) < 4.78 is 5.29. The number of ether oxygens (including phenoxy) is 1. The van der Waals surface area contributed by atoms with Crippen molar-refractivity contribution >= 4 is 11.7 Å². The van der Waals surface area contributed by atoms with E-state index < -0.39 is 0 Å². The highest BCUT2D eigenvalue weighted by Gasteiger charge is 2.28. The predicted octanol–water partition coefficient (Wildman–Crippen LogP) is 3.56. The summed E-state index contributed by atoms with van der Waals surface area (Å²) in [6.07, 6.45) is 6.81. The molecule has 1 saturated heterocycles. The monoisotopic (exact) mass is 459 g/mol. The first kappa shape index (κ1) is 25.9. The number of nitrogens with one attached hydrogen (secondary N) is 1.